The number of hydrogen-bond donors (Lipinski definition) is 2. The number of aliphatic hydroxyl groups excluding tert-OH is 1. The van der Waals surface area contributed by atoms with Gasteiger partial charge in [0, 0.05) is 32.4 Å². The summed E-state index contributed by atoms with van der Waals surface area (Å²) in [6.07, 6.45) is 1.64. The van der Waals surface area contributed by atoms with Crippen molar-refractivity contribution in [3.8, 4) is 0 Å². The lowest BCUT2D eigenvalue weighted by atomic mass is 10.0. The van der Waals surface area contributed by atoms with Crippen molar-refractivity contribution in [3.63, 3.8) is 0 Å². The van der Waals surface area contributed by atoms with Crippen LogP contribution in [0.15, 0.2) is 0 Å². The van der Waals surface area contributed by atoms with Gasteiger partial charge in [0.05, 0.1) is 6.61 Å². The van der Waals surface area contributed by atoms with E-state index in [9.17, 15) is 5.11 Å². The molecule has 0 aromatic heterocycles. The molecule has 2 heterocycles. The molecule has 70 valence electrons. The lowest BCUT2D eigenvalue weighted by molar-refractivity contribution is -0.342. The summed E-state index contributed by atoms with van der Waals surface area (Å²) in [5, 5.41) is 12.5. The Balaban J connectivity index is 1.97. The second kappa shape index (κ2) is 3.30. The fraction of sp³-hybridized carbons (Fsp3) is 1.00. The highest BCUT2D eigenvalue weighted by atomic mass is 16.8. The Morgan fingerprint density at radius 2 is 2.08 bits per heavy atom. The topological polar surface area (TPSA) is 50.7 Å². The Morgan fingerprint density at radius 1 is 1.33 bits per heavy atom. The first-order valence-electron chi connectivity index (χ1n) is 4.51. The minimum Gasteiger partial charge on any atom is -0.368 e. The van der Waals surface area contributed by atoms with Crippen molar-refractivity contribution < 1.29 is 14.6 Å². The van der Waals surface area contributed by atoms with Crippen molar-refractivity contribution in [2.45, 2.75) is 31.3 Å². The maximum absolute atomic E-state index is 9.30. The van der Waals surface area contributed by atoms with Gasteiger partial charge >= 0.3 is 0 Å². The highest BCUT2D eigenvalue weighted by Gasteiger charge is 2.38. The van der Waals surface area contributed by atoms with E-state index in [2.05, 4.69) is 5.32 Å². The number of hydrogen-bond acceptors (Lipinski definition) is 4. The standard InChI is InChI=1S/C8H15NO3/c10-7-1-6-11-8(12-7)2-4-9-5-3-8/h7,9-10H,1-6H2. The molecule has 2 fully saturated rings. The van der Waals surface area contributed by atoms with E-state index in [0.29, 0.717) is 13.0 Å². The van der Waals surface area contributed by atoms with Crippen LogP contribution in [0.25, 0.3) is 0 Å². The Morgan fingerprint density at radius 3 is 2.75 bits per heavy atom. The van der Waals surface area contributed by atoms with Gasteiger partial charge in [0.2, 0.25) is 0 Å². The van der Waals surface area contributed by atoms with Crippen LogP contribution in [0.5, 0.6) is 0 Å². The summed E-state index contributed by atoms with van der Waals surface area (Å²) >= 11 is 0. The molecule has 0 saturated carbocycles. The summed E-state index contributed by atoms with van der Waals surface area (Å²) < 4.78 is 11.0. The highest BCUT2D eigenvalue weighted by molar-refractivity contribution is 4.80. The molecule has 2 rings (SSSR count). The van der Waals surface area contributed by atoms with E-state index < -0.39 is 12.1 Å². The largest absolute Gasteiger partial charge is 0.368 e. The van der Waals surface area contributed by atoms with Crippen molar-refractivity contribution in [3.05, 3.63) is 0 Å². The van der Waals surface area contributed by atoms with Crippen molar-refractivity contribution in [2.75, 3.05) is 19.7 Å². The van der Waals surface area contributed by atoms with Crippen LogP contribution in [-0.2, 0) is 9.47 Å². The molecule has 12 heavy (non-hydrogen) atoms. The van der Waals surface area contributed by atoms with Gasteiger partial charge in [-0.15, -0.1) is 0 Å². The zero-order chi connectivity index (χ0) is 8.44. The van der Waals surface area contributed by atoms with Crippen molar-refractivity contribution >= 4 is 0 Å². The molecule has 2 aliphatic rings. The van der Waals surface area contributed by atoms with Gasteiger partial charge in [-0.2, -0.15) is 0 Å². The summed E-state index contributed by atoms with van der Waals surface area (Å²) in [5.41, 5.74) is 0. The summed E-state index contributed by atoms with van der Waals surface area (Å²) in [6, 6.07) is 0. The molecule has 2 aliphatic heterocycles. The molecule has 1 spiro atoms. The van der Waals surface area contributed by atoms with Crippen LogP contribution in [0.4, 0.5) is 0 Å². The molecule has 2 N–H and O–H groups in total. The first-order valence-corrected chi connectivity index (χ1v) is 4.51. The van der Waals surface area contributed by atoms with Crippen LogP contribution >= 0.6 is 0 Å². The maximum atomic E-state index is 9.30. The van der Waals surface area contributed by atoms with Crippen LogP contribution in [0.3, 0.4) is 0 Å². The Labute approximate surface area is 71.9 Å². The number of piperidine rings is 1. The van der Waals surface area contributed by atoms with Crippen molar-refractivity contribution in [1.29, 1.82) is 0 Å². The van der Waals surface area contributed by atoms with Gasteiger partial charge in [-0.05, 0) is 0 Å². The van der Waals surface area contributed by atoms with Crippen LogP contribution in [-0.4, -0.2) is 36.9 Å². The van der Waals surface area contributed by atoms with E-state index >= 15 is 0 Å². The van der Waals surface area contributed by atoms with Crippen LogP contribution < -0.4 is 5.32 Å². The molecule has 0 aliphatic carbocycles. The minimum atomic E-state index is -0.628. The third-order valence-corrected chi connectivity index (χ3v) is 2.45. The predicted molar refractivity (Wildman–Crippen MR) is 42.5 cm³/mol. The Kier molecular flexibility index (Phi) is 2.32. The molecule has 4 heteroatoms. The predicted octanol–water partition coefficient (Wildman–Crippen LogP) is -0.179. The van der Waals surface area contributed by atoms with E-state index in [0.717, 1.165) is 25.9 Å². The SMILES string of the molecule is OC1CCOC2(CCNCC2)O1. The van der Waals surface area contributed by atoms with Gasteiger partial charge in [0.25, 0.3) is 0 Å². The van der Waals surface area contributed by atoms with Gasteiger partial charge < -0.3 is 19.9 Å². The molecule has 0 aromatic carbocycles. The lowest BCUT2D eigenvalue weighted by Gasteiger charge is -2.41. The minimum absolute atomic E-state index is 0.483. The zero-order valence-electron chi connectivity index (χ0n) is 7.08. The molecule has 4 nitrogen and oxygen atoms in total. The fourth-order valence-corrected chi connectivity index (χ4v) is 1.76. The highest BCUT2D eigenvalue weighted by Crippen LogP contribution is 2.29. The molecular weight excluding hydrogens is 158 g/mol. The quantitative estimate of drug-likeness (QED) is 0.533. The molecule has 1 atom stereocenters. The van der Waals surface area contributed by atoms with Crippen molar-refractivity contribution in [2.24, 2.45) is 0 Å². The molecule has 2 saturated heterocycles. The lowest BCUT2D eigenvalue weighted by Crippen LogP contribution is -2.51. The first-order chi connectivity index (χ1) is 5.81. The van der Waals surface area contributed by atoms with Gasteiger partial charge in [-0.25, -0.2) is 0 Å². The van der Waals surface area contributed by atoms with E-state index in [1.165, 1.54) is 0 Å². The summed E-state index contributed by atoms with van der Waals surface area (Å²) in [4.78, 5) is 0. The molecule has 1 unspecified atom stereocenters. The van der Waals surface area contributed by atoms with Crippen LogP contribution in [0.1, 0.15) is 19.3 Å². The van der Waals surface area contributed by atoms with E-state index in [1.807, 2.05) is 0 Å². The Bertz CT molecular complexity index is 151. The monoisotopic (exact) mass is 173 g/mol. The average molecular weight is 173 g/mol. The third kappa shape index (κ3) is 1.61. The van der Waals surface area contributed by atoms with Gasteiger partial charge in [-0.3, -0.25) is 0 Å². The summed E-state index contributed by atoms with van der Waals surface area (Å²) in [6.45, 7) is 2.43. The average Bonchev–Trinajstić information content (AvgIpc) is 2.05. The maximum Gasteiger partial charge on any atom is 0.173 e. The normalized spacial score (nSPS) is 35.2. The van der Waals surface area contributed by atoms with Crippen LogP contribution in [0.2, 0.25) is 0 Å². The molecular formula is C8H15NO3. The van der Waals surface area contributed by atoms with Gasteiger partial charge in [0.15, 0.2) is 12.1 Å². The number of ether oxygens (including phenoxy) is 2. The fourth-order valence-electron chi connectivity index (χ4n) is 1.76. The second-order valence-corrected chi connectivity index (χ2v) is 3.37. The van der Waals surface area contributed by atoms with Crippen LogP contribution in [0, 0.1) is 0 Å². The summed E-state index contributed by atoms with van der Waals surface area (Å²) in [5.74, 6) is -0.483. The van der Waals surface area contributed by atoms with Crippen molar-refractivity contribution in [1.82, 2.24) is 5.32 Å². The van der Waals surface area contributed by atoms with Gasteiger partial charge in [-0.1, -0.05) is 0 Å². The number of nitrogens with one attached hydrogen (secondary N) is 1. The van der Waals surface area contributed by atoms with E-state index in [1.54, 1.807) is 0 Å². The van der Waals surface area contributed by atoms with Gasteiger partial charge in [0.1, 0.15) is 0 Å². The molecule has 0 amide bonds. The number of aliphatic hydroxyl groups is 1. The van der Waals surface area contributed by atoms with E-state index in [4.69, 9.17) is 9.47 Å². The Hall–Kier alpha value is -0.160. The molecule has 0 radical (unpaired) electrons. The van der Waals surface area contributed by atoms with E-state index in [-0.39, 0.29) is 0 Å². The molecule has 0 aromatic rings. The number of rotatable bonds is 0. The third-order valence-electron chi connectivity index (χ3n) is 2.45. The second-order valence-electron chi connectivity index (χ2n) is 3.37. The summed E-state index contributed by atoms with van der Waals surface area (Å²) in [7, 11) is 0. The zero-order valence-corrected chi connectivity index (χ0v) is 7.08. The first kappa shape index (κ1) is 8.44. The molecule has 0 bridgehead atoms. The smallest absolute Gasteiger partial charge is 0.173 e.